The molecule has 0 spiro atoms. The van der Waals surface area contributed by atoms with Crippen molar-refractivity contribution in [3.8, 4) is 22.6 Å². The first kappa shape index (κ1) is 25.3. The van der Waals surface area contributed by atoms with Crippen LogP contribution >= 0.6 is 0 Å². The van der Waals surface area contributed by atoms with Crippen molar-refractivity contribution < 1.29 is 23.0 Å². The zero-order valence-corrected chi connectivity index (χ0v) is 21.3. The van der Waals surface area contributed by atoms with E-state index in [0.29, 0.717) is 61.0 Å². The lowest BCUT2D eigenvalue weighted by Crippen LogP contribution is -2.47. The fraction of sp³-hybridized carbons (Fsp3) is 0.308. The minimum absolute atomic E-state index is 0.0914. The maximum absolute atomic E-state index is 15.5. The highest BCUT2D eigenvalue weighted by molar-refractivity contribution is 5.91. The molecule has 0 aliphatic carbocycles. The summed E-state index contributed by atoms with van der Waals surface area (Å²) in [4.78, 5) is 29.4. The monoisotopic (exact) mass is 523 g/mol. The largest absolute Gasteiger partial charge is 0.494 e. The van der Waals surface area contributed by atoms with Crippen LogP contribution in [-0.4, -0.2) is 82.5 Å². The van der Waals surface area contributed by atoms with Crippen molar-refractivity contribution in [2.24, 2.45) is 0 Å². The van der Waals surface area contributed by atoms with Gasteiger partial charge < -0.3 is 19.7 Å². The number of carbonyl (C=O) groups is 1. The van der Waals surface area contributed by atoms with Crippen LogP contribution in [0.2, 0.25) is 0 Å². The number of piperazine rings is 1. The highest BCUT2D eigenvalue weighted by Crippen LogP contribution is 2.40. The van der Waals surface area contributed by atoms with Gasteiger partial charge in [-0.2, -0.15) is 4.98 Å². The van der Waals surface area contributed by atoms with Gasteiger partial charge in [0, 0.05) is 69.2 Å². The van der Waals surface area contributed by atoms with Crippen LogP contribution in [-0.2, 0) is 11.3 Å². The molecule has 4 heterocycles. The number of nitrogens with zero attached hydrogens (tertiary/aromatic N) is 6. The summed E-state index contributed by atoms with van der Waals surface area (Å²) in [6.45, 7) is 6.49. The van der Waals surface area contributed by atoms with Crippen molar-refractivity contribution >= 4 is 28.5 Å². The molecule has 0 bridgehead atoms. The standard InChI is InChI=1S/C26H27F2N7O3/c1-5-20(36)34-8-6-33(7-9-34)13-16-14-35-24-15(12-30-26(29-2)32-24)10-17(25(35)31-16)21-22(27)18(37-3)11-19(38-4)23(21)28/h5,10-12,14H,1,6-9,13H2,2-4H3,(H,29,30,32). The molecule has 0 radical (unpaired) electrons. The van der Waals surface area contributed by atoms with Crippen LogP contribution in [0.3, 0.4) is 0 Å². The van der Waals surface area contributed by atoms with Gasteiger partial charge >= 0.3 is 0 Å². The van der Waals surface area contributed by atoms with E-state index in [9.17, 15) is 4.79 Å². The third-order valence-electron chi connectivity index (χ3n) is 6.63. The Morgan fingerprint density at radius 3 is 2.37 bits per heavy atom. The van der Waals surface area contributed by atoms with E-state index < -0.39 is 11.6 Å². The number of ether oxygens (including phenoxy) is 2. The number of nitrogens with one attached hydrogen (secondary N) is 1. The third-order valence-corrected chi connectivity index (χ3v) is 6.63. The zero-order chi connectivity index (χ0) is 27.0. The lowest BCUT2D eigenvalue weighted by molar-refractivity contribution is -0.127. The number of rotatable bonds is 7. The predicted molar refractivity (Wildman–Crippen MR) is 138 cm³/mol. The number of pyridine rings is 1. The van der Waals surface area contributed by atoms with Crippen molar-refractivity contribution in [3.63, 3.8) is 0 Å². The fourth-order valence-corrected chi connectivity index (χ4v) is 4.66. The van der Waals surface area contributed by atoms with Gasteiger partial charge in [0.15, 0.2) is 28.8 Å². The number of amides is 1. The number of anilines is 1. The number of imidazole rings is 1. The molecule has 0 atom stereocenters. The molecular formula is C26H27F2N7O3. The number of hydrogen-bond acceptors (Lipinski definition) is 8. The molecule has 1 amide bonds. The first-order valence-corrected chi connectivity index (χ1v) is 12.0. The minimum Gasteiger partial charge on any atom is -0.494 e. The summed E-state index contributed by atoms with van der Waals surface area (Å²) in [5.41, 5.74) is 1.42. The topological polar surface area (TPSA) is 97.1 Å². The summed E-state index contributed by atoms with van der Waals surface area (Å²) in [5, 5.41) is 3.48. The number of fused-ring (bicyclic) bond motifs is 3. The summed E-state index contributed by atoms with van der Waals surface area (Å²) in [7, 11) is 4.31. The van der Waals surface area contributed by atoms with Gasteiger partial charge in [-0.3, -0.25) is 14.1 Å². The van der Waals surface area contributed by atoms with E-state index in [1.807, 2.05) is 6.20 Å². The molecule has 1 fully saturated rings. The van der Waals surface area contributed by atoms with Gasteiger partial charge in [-0.1, -0.05) is 6.58 Å². The molecule has 1 aliphatic rings. The molecule has 12 heteroatoms. The van der Waals surface area contributed by atoms with E-state index in [4.69, 9.17) is 14.5 Å². The molecule has 0 saturated carbocycles. The minimum atomic E-state index is -0.868. The average Bonchev–Trinajstić information content (AvgIpc) is 3.37. The molecule has 1 aliphatic heterocycles. The number of carbonyl (C=O) groups excluding carboxylic acids is 1. The summed E-state index contributed by atoms with van der Waals surface area (Å²) in [6, 6.07) is 2.78. The van der Waals surface area contributed by atoms with Gasteiger partial charge in [0.05, 0.1) is 25.5 Å². The van der Waals surface area contributed by atoms with Crippen LogP contribution < -0.4 is 14.8 Å². The third kappa shape index (κ3) is 4.36. The van der Waals surface area contributed by atoms with Crippen LogP contribution in [0.1, 0.15) is 5.69 Å². The molecule has 1 aromatic carbocycles. The van der Waals surface area contributed by atoms with E-state index >= 15 is 8.78 Å². The lowest BCUT2D eigenvalue weighted by atomic mass is 10.0. The van der Waals surface area contributed by atoms with E-state index in [0.717, 1.165) is 0 Å². The van der Waals surface area contributed by atoms with Crippen molar-refractivity contribution in [1.29, 1.82) is 0 Å². The Morgan fingerprint density at radius 1 is 1.08 bits per heavy atom. The van der Waals surface area contributed by atoms with Gasteiger partial charge in [0.2, 0.25) is 11.9 Å². The molecule has 10 nitrogen and oxygen atoms in total. The van der Waals surface area contributed by atoms with Gasteiger partial charge in [-0.05, 0) is 12.1 Å². The summed E-state index contributed by atoms with van der Waals surface area (Å²) >= 11 is 0. The highest BCUT2D eigenvalue weighted by Gasteiger charge is 2.26. The van der Waals surface area contributed by atoms with E-state index in [2.05, 4.69) is 26.8 Å². The van der Waals surface area contributed by atoms with Crippen LogP contribution in [0.4, 0.5) is 14.7 Å². The smallest absolute Gasteiger partial charge is 0.246 e. The maximum atomic E-state index is 15.5. The molecule has 198 valence electrons. The predicted octanol–water partition coefficient (Wildman–Crippen LogP) is 3.11. The molecular weight excluding hydrogens is 496 g/mol. The number of halogens is 2. The van der Waals surface area contributed by atoms with Crippen LogP contribution in [0.15, 0.2) is 37.2 Å². The Hall–Kier alpha value is -4.32. The van der Waals surface area contributed by atoms with E-state index in [1.165, 1.54) is 26.4 Å². The number of methoxy groups -OCH3 is 2. The maximum Gasteiger partial charge on any atom is 0.246 e. The summed E-state index contributed by atoms with van der Waals surface area (Å²) < 4.78 is 43.1. The van der Waals surface area contributed by atoms with E-state index in [1.54, 1.807) is 28.6 Å². The SMILES string of the molecule is C=CC(=O)N1CCN(Cc2cn3c(n2)c(-c2c(F)c(OC)cc(OC)c2F)cc2cnc(NC)nc23)CC1. The van der Waals surface area contributed by atoms with Crippen LogP contribution in [0, 0.1) is 11.6 Å². The highest BCUT2D eigenvalue weighted by atomic mass is 19.1. The number of benzene rings is 1. The Balaban J connectivity index is 1.64. The van der Waals surface area contributed by atoms with E-state index in [-0.39, 0.29) is 28.5 Å². The fourth-order valence-electron chi connectivity index (χ4n) is 4.66. The van der Waals surface area contributed by atoms with Crippen LogP contribution in [0.25, 0.3) is 27.8 Å². The Labute approximate surface area is 217 Å². The second kappa shape index (κ2) is 10.2. The van der Waals surface area contributed by atoms with Gasteiger partial charge in [0.1, 0.15) is 5.65 Å². The summed E-state index contributed by atoms with van der Waals surface area (Å²) in [5.74, 6) is -1.75. The van der Waals surface area contributed by atoms with Crippen molar-refractivity contribution in [1.82, 2.24) is 29.2 Å². The van der Waals surface area contributed by atoms with Crippen molar-refractivity contribution in [2.75, 3.05) is 52.8 Å². The Kier molecular flexibility index (Phi) is 6.81. The zero-order valence-electron chi connectivity index (χ0n) is 21.3. The quantitative estimate of drug-likeness (QED) is 0.369. The van der Waals surface area contributed by atoms with Crippen molar-refractivity contribution in [3.05, 3.63) is 54.5 Å². The van der Waals surface area contributed by atoms with Crippen molar-refractivity contribution in [2.45, 2.75) is 6.54 Å². The molecule has 1 saturated heterocycles. The lowest BCUT2D eigenvalue weighted by Gasteiger charge is -2.33. The molecule has 3 aromatic heterocycles. The van der Waals surface area contributed by atoms with Crippen LogP contribution in [0.5, 0.6) is 11.5 Å². The molecule has 4 aromatic rings. The van der Waals surface area contributed by atoms with Gasteiger partial charge in [-0.15, -0.1) is 0 Å². The number of aromatic nitrogens is 4. The Bertz CT molecular complexity index is 1520. The Morgan fingerprint density at radius 2 is 1.76 bits per heavy atom. The van der Waals surface area contributed by atoms with Gasteiger partial charge in [-0.25, -0.2) is 18.7 Å². The molecule has 5 rings (SSSR count). The second-order valence-corrected chi connectivity index (χ2v) is 8.80. The molecule has 38 heavy (non-hydrogen) atoms. The number of hydrogen-bond donors (Lipinski definition) is 1. The van der Waals surface area contributed by atoms with Gasteiger partial charge in [0.25, 0.3) is 0 Å². The first-order chi connectivity index (χ1) is 18.4. The average molecular weight is 524 g/mol. The summed E-state index contributed by atoms with van der Waals surface area (Å²) in [6.07, 6.45) is 4.71. The second-order valence-electron chi connectivity index (χ2n) is 8.80. The molecule has 1 N–H and O–H groups in total. The normalized spacial score (nSPS) is 14.2. The molecule has 0 unspecified atom stereocenters. The first-order valence-electron chi connectivity index (χ1n) is 12.0.